The van der Waals surface area contributed by atoms with Crippen LogP contribution in [0.2, 0.25) is 0 Å². The number of hydrogen-bond donors (Lipinski definition) is 2. The molecule has 0 heterocycles. The Hall–Kier alpha value is -0.930. The predicted octanol–water partition coefficient (Wildman–Crippen LogP) is 1.69. The van der Waals surface area contributed by atoms with E-state index in [1.54, 1.807) is 12.1 Å². The van der Waals surface area contributed by atoms with Gasteiger partial charge in [-0.2, -0.15) is 0 Å². The number of rotatable bonds is 5. The minimum Gasteiger partial charge on any atom is -0.395 e. The predicted molar refractivity (Wildman–Crippen MR) is 59.4 cm³/mol. The molecule has 3 heteroatoms. The average Bonchev–Trinajstić information content (AvgIpc) is 2.18. The first kappa shape index (κ1) is 12.1. The van der Waals surface area contributed by atoms with Crippen molar-refractivity contribution in [1.82, 2.24) is 5.32 Å². The minimum atomic E-state index is -0.206. The van der Waals surface area contributed by atoms with Gasteiger partial charge in [-0.1, -0.05) is 26.0 Å². The molecule has 0 radical (unpaired) electrons. The molecule has 0 saturated heterocycles. The molecule has 0 bridgehead atoms. The van der Waals surface area contributed by atoms with E-state index < -0.39 is 0 Å². The van der Waals surface area contributed by atoms with Crippen molar-refractivity contribution in [1.29, 1.82) is 0 Å². The molecule has 0 spiro atoms. The zero-order valence-electron chi connectivity index (χ0n) is 9.26. The van der Waals surface area contributed by atoms with Gasteiger partial charge in [-0.3, -0.25) is 0 Å². The highest BCUT2D eigenvalue weighted by atomic mass is 19.1. The molecule has 15 heavy (non-hydrogen) atoms. The van der Waals surface area contributed by atoms with Crippen molar-refractivity contribution in [3.8, 4) is 0 Å². The summed E-state index contributed by atoms with van der Waals surface area (Å²) in [5, 5.41) is 11.8. The Morgan fingerprint density at radius 3 is 2.73 bits per heavy atom. The van der Waals surface area contributed by atoms with Crippen molar-refractivity contribution in [2.75, 3.05) is 19.7 Å². The van der Waals surface area contributed by atoms with Crippen LogP contribution >= 0.6 is 0 Å². The summed E-state index contributed by atoms with van der Waals surface area (Å²) in [5.41, 5.74) is 0.838. The number of halogens is 1. The van der Waals surface area contributed by atoms with Crippen LogP contribution in [0.5, 0.6) is 0 Å². The number of aliphatic hydroxyl groups is 1. The lowest BCUT2D eigenvalue weighted by Gasteiger charge is -2.25. The van der Waals surface area contributed by atoms with E-state index >= 15 is 0 Å². The summed E-state index contributed by atoms with van der Waals surface area (Å²) in [4.78, 5) is 0. The van der Waals surface area contributed by atoms with Crippen LogP contribution in [0.3, 0.4) is 0 Å². The van der Waals surface area contributed by atoms with Gasteiger partial charge in [0.05, 0.1) is 6.61 Å². The summed E-state index contributed by atoms with van der Waals surface area (Å²) in [5.74, 6) is -0.206. The summed E-state index contributed by atoms with van der Waals surface area (Å²) in [6.07, 6.45) is 0. The minimum absolute atomic E-state index is 0.124. The first-order chi connectivity index (χ1) is 7.06. The Bertz CT molecular complexity index is 312. The molecule has 0 amide bonds. The smallest absolute Gasteiger partial charge is 0.123 e. The quantitative estimate of drug-likeness (QED) is 0.726. The van der Waals surface area contributed by atoms with E-state index in [0.29, 0.717) is 6.54 Å². The SMILES string of the molecule is CC(C)(CNCCO)c1cccc(F)c1. The monoisotopic (exact) mass is 211 g/mol. The average molecular weight is 211 g/mol. The Morgan fingerprint density at radius 1 is 1.40 bits per heavy atom. The molecule has 0 aliphatic rings. The normalized spacial score (nSPS) is 11.7. The summed E-state index contributed by atoms with van der Waals surface area (Å²) < 4.78 is 13.0. The van der Waals surface area contributed by atoms with E-state index in [1.165, 1.54) is 6.07 Å². The fraction of sp³-hybridized carbons (Fsp3) is 0.500. The van der Waals surface area contributed by atoms with Crippen LogP contribution in [0.25, 0.3) is 0 Å². The fourth-order valence-electron chi connectivity index (χ4n) is 1.49. The molecule has 1 aromatic carbocycles. The van der Waals surface area contributed by atoms with Gasteiger partial charge in [0.25, 0.3) is 0 Å². The Morgan fingerprint density at radius 2 is 2.13 bits per heavy atom. The highest BCUT2D eigenvalue weighted by molar-refractivity contribution is 5.24. The zero-order valence-corrected chi connectivity index (χ0v) is 9.26. The third kappa shape index (κ3) is 3.61. The van der Waals surface area contributed by atoms with E-state index in [4.69, 9.17) is 5.11 Å². The summed E-state index contributed by atoms with van der Waals surface area (Å²) in [6.45, 7) is 5.51. The van der Waals surface area contributed by atoms with Crippen molar-refractivity contribution < 1.29 is 9.50 Å². The van der Waals surface area contributed by atoms with E-state index in [9.17, 15) is 4.39 Å². The second-order valence-electron chi connectivity index (χ2n) is 4.29. The molecule has 0 aliphatic heterocycles. The lowest BCUT2D eigenvalue weighted by Crippen LogP contribution is -2.34. The molecule has 2 N–H and O–H groups in total. The van der Waals surface area contributed by atoms with Gasteiger partial charge in [-0.05, 0) is 17.7 Å². The maximum atomic E-state index is 13.0. The Labute approximate surface area is 90.1 Å². The second kappa shape index (κ2) is 5.24. The zero-order chi connectivity index (χ0) is 11.3. The van der Waals surface area contributed by atoms with Gasteiger partial charge in [0.15, 0.2) is 0 Å². The van der Waals surface area contributed by atoms with Crippen molar-refractivity contribution >= 4 is 0 Å². The van der Waals surface area contributed by atoms with E-state index in [1.807, 2.05) is 19.9 Å². The van der Waals surface area contributed by atoms with E-state index in [0.717, 1.165) is 12.1 Å². The number of hydrogen-bond acceptors (Lipinski definition) is 2. The molecule has 0 saturated carbocycles. The van der Waals surface area contributed by atoms with Gasteiger partial charge in [-0.15, -0.1) is 0 Å². The molecule has 84 valence electrons. The molecule has 0 atom stereocenters. The maximum Gasteiger partial charge on any atom is 0.123 e. The standard InChI is InChI=1S/C12H18FNO/c1-12(2,9-14-6-7-15)10-4-3-5-11(13)8-10/h3-5,8,14-15H,6-7,9H2,1-2H3. The molecular weight excluding hydrogens is 193 g/mol. The third-order valence-electron chi connectivity index (χ3n) is 2.46. The largest absolute Gasteiger partial charge is 0.395 e. The van der Waals surface area contributed by atoms with Crippen molar-refractivity contribution in [3.05, 3.63) is 35.6 Å². The molecule has 0 aromatic heterocycles. The van der Waals surface area contributed by atoms with Gasteiger partial charge < -0.3 is 10.4 Å². The first-order valence-electron chi connectivity index (χ1n) is 5.14. The summed E-state index contributed by atoms with van der Waals surface area (Å²) in [7, 11) is 0. The van der Waals surface area contributed by atoms with Crippen molar-refractivity contribution in [3.63, 3.8) is 0 Å². The van der Waals surface area contributed by atoms with Gasteiger partial charge in [0, 0.05) is 18.5 Å². The van der Waals surface area contributed by atoms with E-state index in [2.05, 4.69) is 5.32 Å². The third-order valence-corrected chi connectivity index (χ3v) is 2.46. The van der Waals surface area contributed by atoms with Crippen molar-refractivity contribution in [2.24, 2.45) is 0 Å². The Kier molecular flexibility index (Phi) is 4.24. The van der Waals surface area contributed by atoms with Crippen LogP contribution in [-0.4, -0.2) is 24.8 Å². The van der Waals surface area contributed by atoms with Gasteiger partial charge >= 0.3 is 0 Å². The van der Waals surface area contributed by atoms with Crippen LogP contribution in [0.1, 0.15) is 19.4 Å². The Balaban J connectivity index is 2.67. The molecule has 2 nitrogen and oxygen atoms in total. The van der Waals surface area contributed by atoms with Gasteiger partial charge in [-0.25, -0.2) is 4.39 Å². The summed E-state index contributed by atoms with van der Waals surface area (Å²) >= 11 is 0. The highest BCUT2D eigenvalue weighted by Crippen LogP contribution is 2.22. The van der Waals surface area contributed by atoms with Crippen LogP contribution in [0.15, 0.2) is 24.3 Å². The van der Waals surface area contributed by atoms with Crippen LogP contribution < -0.4 is 5.32 Å². The summed E-state index contributed by atoms with van der Waals surface area (Å²) in [6, 6.07) is 6.64. The number of nitrogens with one attached hydrogen (secondary N) is 1. The topological polar surface area (TPSA) is 32.3 Å². The van der Waals surface area contributed by atoms with Crippen LogP contribution in [0.4, 0.5) is 4.39 Å². The van der Waals surface area contributed by atoms with E-state index in [-0.39, 0.29) is 17.8 Å². The van der Waals surface area contributed by atoms with Gasteiger partial charge in [0.1, 0.15) is 5.82 Å². The lowest BCUT2D eigenvalue weighted by atomic mass is 9.84. The highest BCUT2D eigenvalue weighted by Gasteiger charge is 2.20. The molecular formula is C12H18FNO. The molecule has 1 rings (SSSR count). The van der Waals surface area contributed by atoms with Gasteiger partial charge in [0.2, 0.25) is 0 Å². The molecule has 0 aliphatic carbocycles. The number of benzene rings is 1. The van der Waals surface area contributed by atoms with Crippen LogP contribution in [0, 0.1) is 5.82 Å². The molecule has 1 aromatic rings. The second-order valence-corrected chi connectivity index (χ2v) is 4.29. The molecule has 0 fully saturated rings. The molecule has 0 unspecified atom stereocenters. The van der Waals surface area contributed by atoms with Crippen LogP contribution in [-0.2, 0) is 5.41 Å². The van der Waals surface area contributed by atoms with Crippen molar-refractivity contribution in [2.45, 2.75) is 19.3 Å². The number of aliphatic hydroxyl groups excluding tert-OH is 1. The first-order valence-corrected chi connectivity index (χ1v) is 5.14. The fourth-order valence-corrected chi connectivity index (χ4v) is 1.49. The maximum absolute atomic E-state index is 13.0. The lowest BCUT2D eigenvalue weighted by molar-refractivity contribution is 0.286.